The molecule has 1 atom stereocenters. The highest BCUT2D eigenvalue weighted by atomic mass is 16.5. The minimum Gasteiger partial charge on any atom is -0.448 e. The van der Waals surface area contributed by atoms with E-state index in [1.54, 1.807) is 18.2 Å². The van der Waals surface area contributed by atoms with E-state index >= 15 is 0 Å². The van der Waals surface area contributed by atoms with Gasteiger partial charge in [0.05, 0.1) is 0 Å². The molecular weight excluding hydrogens is 380 g/mol. The first kappa shape index (κ1) is 20.8. The number of hydrogen-bond acceptors (Lipinski definition) is 4. The monoisotopic (exact) mass is 402 g/mol. The molecule has 0 aliphatic heterocycles. The third-order valence-electron chi connectivity index (χ3n) is 4.31. The number of rotatable bonds is 6. The van der Waals surface area contributed by atoms with Gasteiger partial charge < -0.3 is 15.4 Å². The summed E-state index contributed by atoms with van der Waals surface area (Å²) in [6.07, 6.45) is 0.439. The van der Waals surface area contributed by atoms with Gasteiger partial charge in [-0.25, -0.2) is 4.79 Å². The van der Waals surface area contributed by atoms with E-state index in [-0.39, 0.29) is 5.70 Å². The number of nitrogens with one attached hydrogen (secondary N) is 2. The standard InChI is InChI=1S/C24H22N2O4/c1-16(23(28)26-21-13-12-19-10-6-7-11-20(19)15-21)30-24(29)22(25-17(2)27)14-18-8-4-3-5-9-18/h3-16H,1-2H3,(H,25,27)(H,26,28)/b22-14+. The van der Waals surface area contributed by atoms with Gasteiger partial charge in [-0.3, -0.25) is 9.59 Å². The van der Waals surface area contributed by atoms with Gasteiger partial charge in [0.15, 0.2) is 6.10 Å². The van der Waals surface area contributed by atoms with Gasteiger partial charge in [-0.1, -0.05) is 60.7 Å². The van der Waals surface area contributed by atoms with Crippen LogP contribution in [0.15, 0.2) is 78.5 Å². The highest BCUT2D eigenvalue weighted by molar-refractivity contribution is 6.01. The molecule has 0 saturated heterocycles. The lowest BCUT2D eigenvalue weighted by Gasteiger charge is -2.15. The fourth-order valence-electron chi connectivity index (χ4n) is 2.84. The molecule has 0 bridgehead atoms. The summed E-state index contributed by atoms with van der Waals surface area (Å²) in [5.41, 5.74) is 1.27. The third kappa shape index (κ3) is 5.54. The molecule has 3 rings (SSSR count). The summed E-state index contributed by atoms with van der Waals surface area (Å²) in [5, 5.41) is 7.25. The van der Waals surface area contributed by atoms with E-state index in [1.165, 1.54) is 19.9 Å². The summed E-state index contributed by atoms with van der Waals surface area (Å²) in [7, 11) is 0. The number of anilines is 1. The van der Waals surface area contributed by atoms with Crippen LogP contribution < -0.4 is 10.6 Å². The van der Waals surface area contributed by atoms with Gasteiger partial charge >= 0.3 is 5.97 Å². The van der Waals surface area contributed by atoms with Crippen molar-refractivity contribution < 1.29 is 19.1 Å². The van der Waals surface area contributed by atoms with E-state index in [2.05, 4.69) is 10.6 Å². The van der Waals surface area contributed by atoms with E-state index in [0.29, 0.717) is 11.3 Å². The molecule has 1 unspecified atom stereocenters. The zero-order chi connectivity index (χ0) is 21.5. The van der Waals surface area contributed by atoms with Crippen molar-refractivity contribution in [1.82, 2.24) is 5.32 Å². The molecule has 0 heterocycles. The van der Waals surface area contributed by atoms with Crippen molar-refractivity contribution in [2.45, 2.75) is 20.0 Å². The maximum Gasteiger partial charge on any atom is 0.355 e. The van der Waals surface area contributed by atoms with Crippen molar-refractivity contribution >= 4 is 40.3 Å². The van der Waals surface area contributed by atoms with Crippen LogP contribution in [0, 0.1) is 0 Å². The zero-order valence-electron chi connectivity index (χ0n) is 16.7. The van der Waals surface area contributed by atoms with Gasteiger partial charge in [-0.15, -0.1) is 0 Å². The summed E-state index contributed by atoms with van der Waals surface area (Å²) in [6, 6.07) is 22.3. The predicted molar refractivity (Wildman–Crippen MR) is 116 cm³/mol. The first-order valence-corrected chi connectivity index (χ1v) is 9.47. The summed E-state index contributed by atoms with van der Waals surface area (Å²) in [6.45, 7) is 2.77. The highest BCUT2D eigenvalue weighted by Crippen LogP contribution is 2.19. The average Bonchev–Trinajstić information content (AvgIpc) is 2.73. The fraction of sp³-hybridized carbons (Fsp3) is 0.125. The number of carbonyl (C=O) groups is 3. The molecule has 3 aromatic carbocycles. The Labute approximate surface area is 174 Å². The molecule has 6 nitrogen and oxygen atoms in total. The van der Waals surface area contributed by atoms with Gasteiger partial charge in [0.1, 0.15) is 5.70 Å². The maximum absolute atomic E-state index is 12.5. The molecule has 0 spiro atoms. The normalized spacial score (nSPS) is 12.1. The molecule has 0 aromatic heterocycles. The molecule has 0 aliphatic carbocycles. The van der Waals surface area contributed by atoms with Crippen molar-refractivity contribution in [2.75, 3.05) is 5.32 Å². The topological polar surface area (TPSA) is 84.5 Å². The minimum absolute atomic E-state index is 0.0425. The Bertz CT molecular complexity index is 1110. The van der Waals surface area contributed by atoms with Crippen molar-refractivity contribution in [1.29, 1.82) is 0 Å². The van der Waals surface area contributed by atoms with Crippen LogP contribution in [0.25, 0.3) is 16.8 Å². The Morgan fingerprint density at radius 2 is 1.57 bits per heavy atom. The molecule has 0 saturated carbocycles. The van der Waals surface area contributed by atoms with Gasteiger partial charge in [-0.2, -0.15) is 0 Å². The average molecular weight is 402 g/mol. The lowest BCUT2D eigenvalue weighted by Crippen LogP contribution is -2.33. The van der Waals surface area contributed by atoms with Gasteiger partial charge in [-0.05, 0) is 41.5 Å². The van der Waals surface area contributed by atoms with Crippen molar-refractivity contribution in [3.05, 3.63) is 84.1 Å². The lowest BCUT2D eigenvalue weighted by atomic mass is 10.1. The van der Waals surface area contributed by atoms with Crippen LogP contribution in [-0.4, -0.2) is 23.9 Å². The largest absolute Gasteiger partial charge is 0.448 e. The summed E-state index contributed by atoms with van der Waals surface area (Å²) >= 11 is 0. The second-order valence-corrected chi connectivity index (χ2v) is 6.75. The molecular formula is C24H22N2O4. The Morgan fingerprint density at radius 1 is 0.900 bits per heavy atom. The quantitative estimate of drug-likeness (QED) is 0.484. The van der Waals surface area contributed by atoms with Crippen LogP contribution in [-0.2, 0) is 19.1 Å². The molecule has 30 heavy (non-hydrogen) atoms. The second-order valence-electron chi connectivity index (χ2n) is 6.75. The lowest BCUT2D eigenvalue weighted by molar-refractivity contribution is -0.149. The van der Waals surface area contributed by atoms with E-state index in [0.717, 1.165) is 10.8 Å². The van der Waals surface area contributed by atoms with Crippen molar-refractivity contribution in [3.8, 4) is 0 Å². The second kappa shape index (κ2) is 9.52. The zero-order valence-corrected chi connectivity index (χ0v) is 16.7. The SMILES string of the molecule is CC(=O)N/C(=C/c1ccccc1)C(=O)OC(C)C(=O)Nc1ccc2ccccc2c1. The van der Waals surface area contributed by atoms with Crippen LogP contribution in [0.4, 0.5) is 5.69 Å². The fourth-order valence-corrected chi connectivity index (χ4v) is 2.84. The van der Waals surface area contributed by atoms with E-state index in [1.807, 2.05) is 54.6 Å². The minimum atomic E-state index is -1.06. The molecule has 152 valence electrons. The van der Waals surface area contributed by atoms with Crippen LogP contribution in [0.2, 0.25) is 0 Å². The van der Waals surface area contributed by atoms with Crippen LogP contribution >= 0.6 is 0 Å². The number of hydrogen-bond donors (Lipinski definition) is 2. The Balaban J connectivity index is 1.69. The summed E-state index contributed by atoms with van der Waals surface area (Å²) in [4.78, 5) is 36.5. The van der Waals surface area contributed by atoms with Gasteiger partial charge in [0.2, 0.25) is 5.91 Å². The molecule has 6 heteroatoms. The van der Waals surface area contributed by atoms with Gasteiger partial charge in [0, 0.05) is 12.6 Å². The number of esters is 1. The van der Waals surface area contributed by atoms with Crippen molar-refractivity contribution in [3.63, 3.8) is 0 Å². The first-order chi connectivity index (χ1) is 14.4. The smallest absolute Gasteiger partial charge is 0.355 e. The first-order valence-electron chi connectivity index (χ1n) is 9.47. The van der Waals surface area contributed by atoms with Crippen LogP contribution in [0.3, 0.4) is 0 Å². The molecule has 3 aromatic rings. The third-order valence-corrected chi connectivity index (χ3v) is 4.31. The Hall–Kier alpha value is -3.93. The predicted octanol–water partition coefficient (Wildman–Crippen LogP) is 3.89. The molecule has 2 amide bonds. The molecule has 0 fully saturated rings. The maximum atomic E-state index is 12.5. The Kier molecular flexibility index (Phi) is 6.60. The Morgan fingerprint density at radius 3 is 2.27 bits per heavy atom. The number of amides is 2. The van der Waals surface area contributed by atoms with Gasteiger partial charge in [0.25, 0.3) is 5.91 Å². The summed E-state index contributed by atoms with van der Waals surface area (Å²) < 4.78 is 5.27. The van der Waals surface area contributed by atoms with E-state index in [4.69, 9.17) is 4.74 Å². The number of fused-ring (bicyclic) bond motifs is 1. The van der Waals surface area contributed by atoms with E-state index < -0.39 is 23.9 Å². The van der Waals surface area contributed by atoms with Crippen LogP contribution in [0.5, 0.6) is 0 Å². The number of carbonyl (C=O) groups excluding carboxylic acids is 3. The van der Waals surface area contributed by atoms with Crippen molar-refractivity contribution in [2.24, 2.45) is 0 Å². The summed E-state index contributed by atoms with van der Waals surface area (Å²) in [5.74, 6) is -1.68. The molecule has 2 N–H and O–H groups in total. The molecule has 0 radical (unpaired) electrons. The van der Waals surface area contributed by atoms with E-state index in [9.17, 15) is 14.4 Å². The number of benzene rings is 3. The number of ether oxygens (including phenoxy) is 1. The molecule has 0 aliphatic rings. The highest BCUT2D eigenvalue weighted by Gasteiger charge is 2.21. The van der Waals surface area contributed by atoms with Crippen LogP contribution in [0.1, 0.15) is 19.4 Å².